The van der Waals surface area contributed by atoms with Crippen LogP contribution in [0.1, 0.15) is 19.3 Å². The highest BCUT2D eigenvalue weighted by molar-refractivity contribution is 7.99. The first-order valence-corrected chi connectivity index (χ1v) is 7.90. The molecule has 0 amide bonds. The fourth-order valence-electron chi connectivity index (χ4n) is 2.45. The quantitative estimate of drug-likeness (QED) is 0.718. The molecule has 1 heterocycles. The van der Waals surface area contributed by atoms with E-state index in [1.807, 2.05) is 6.26 Å². The van der Waals surface area contributed by atoms with Crippen molar-refractivity contribution in [2.45, 2.75) is 24.2 Å². The SMILES string of the molecule is CSc1c(N)nsc1NCC1CCCC1CO. The second kappa shape index (κ2) is 5.93. The molecule has 0 saturated heterocycles. The van der Waals surface area contributed by atoms with Gasteiger partial charge in [-0.3, -0.25) is 0 Å². The summed E-state index contributed by atoms with van der Waals surface area (Å²) in [6.07, 6.45) is 5.61. The molecule has 0 bridgehead atoms. The van der Waals surface area contributed by atoms with Gasteiger partial charge in [0.2, 0.25) is 0 Å². The Balaban J connectivity index is 1.93. The van der Waals surface area contributed by atoms with Crippen LogP contribution in [0.5, 0.6) is 0 Å². The van der Waals surface area contributed by atoms with E-state index in [9.17, 15) is 5.11 Å². The summed E-state index contributed by atoms with van der Waals surface area (Å²) < 4.78 is 4.16. The van der Waals surface area contributed by atoms with E-state index in [-0.39, 0.29) is 0 Å². The molecule has 2 rings (SSSR count). The first kappa shape index (κ1) is 13.0. The number of rotatable bonds is 5. The summed E-state index contributed by atoms with van der Waals surface area (Å²) in [4.78, 5) is 1.05. The Bertz CT molecular complexity index is 370. The minimum Gasteiger partial charge on any atom is -0.396 e. The topological polar surface area (TPSA) is 71.2 Å². The number of nitrogens with one attached hydrogen (secondary N) is 1. The lowest BCUT2D eigenvalue weighted by Crippen LogP contribution is -2.20. The van der Waals surface area contributed by atoms with E-state index in [4.69, 9.17) is 5.73 Å². The van der Waals surface area contributed by atoms with E-state index in [1.54, 1.807) is 11.8 Å². The van der Waals surface area contributed by atoms with Gasteiger partial charge >= 0.3 is 0 Å². The molecule has 1 saturated carbocycles. The number of nitrogen functional groups attached to an aromatic ring is 1. The van der Waals surface area contributed by atoms with Crippen LogP contribution in [-0.2, 0) is 0 Å². The molecule has 17 heavy (non-hydrogen) atoms. The van der Waals surface area contributed by atoms with Crippen LogP contribution in [0, 0.1) is 11.8 Å². The van der Waals surface area contributed by atoms with Crippen LogP contribution in [0.2, 0.25) is 0 Å². The lowest BCUT2D eigenvalue weighted by molar-refractivity contribution is 0.199. The van der Waals surface area contributed by atoms with E-state index >= 15 is 0 Å². The van der Waals surface area contributed by atoms with Gasteiger partial charge in [-0.15, -0.1) is 11.8 Å². The van der Waals surface area contributed by atoms with E-state index in [2.05, 4.69) is 9.69 Å². The van der Waals surface area contributed by atoms with Gasteiger partial charge in [0, 0.05) is 13.2 Å². The van der Waals surface area contributed by atoms with Gasteiger partial charge in [-0.2, -0.15) is 4.37 Å². The number of hydrogen-bond donors (Lipinski definition) is 3. The van der Waals surface area contributed by atoms with Gasteiger partial charge < -0.3 is 16.2 Å². The molecule has 96 valence electrons. The monoisotopic (exact) mass is 273 g/mol. The zero-order valence-electron chi connectivity index (χ0n) is 9.98. The van der Waals surface area contributed by atoms with E-state index in [1.165, 1.54) is 24.4 Å². The molecule has 1 fully saturated rings. The van der Waals surface area contributed by atoms with Crippen LogP contribution < -0.4 is 11.1 Å². The molecule has 0 aromatic carbocycles. The number of aromatic nitrogens is 1. The summed E-state index contributed by atoms with van der Waals surface area (Å²) in [5, 5.41) is 13.8. The highest BCUT2D eigenvalue weighted by Gasteiger charge is 2.26. The van der Waals surface area contributed by atoms with Gasteiger partial charge in [-0.05, 0) is 42.5 Å². The van der Waals surface area contributed by atoms with Crippen molar-refractivity contribution in [2.75, 3.05) is 30.5 Å². The molecule has 1 aromatic rings. The fourth-order valence-corrected chi connectivity index (χ4v) is 4.00. The lowest BCUT2D eigenvalue weighted by Gasteiger charge is -2.18. The number of aliphatic hydroxyl groups is 1. The molecular formula is C11H19N3OS2. The first-order chi connectivity index (χ1) is 8.26. The van der Waals surface area contributed by atoms with E-state index < -0.39 is 0 Å². The third-order valence-corrected chi connectivity index (χ3v) is 5.22. The highest BCUT2D eigenvalue weighted by Crippen LogP contribution is 2.36. The number of nitrogens with two attached hydrogens (primary N) is 1. The van der Waals surface area contributed by atoms with Gasteiger partial charge in [0.15, 0.2) is 5.82 Å². The van der Waals surface area contributed by atoms with E-state index in [0.29, 0.717) is 24.3 Å². The molecule has 1 aliphatic carbocycles. The van der Waals surface area contributed by atoms with Crippen molar-refractivity contribution >= 4 is 34.1 Å². The predicted molar refractivity (Wildman–Crippen MR) is 74.7 cm³/mol. The largest absolute Gasteiger partial charge is 0.396 e. The zero-order valence-corrected chi connectivity index (χ0v) is 11.6. The van der Waals surface area contributed by atoms with Crippen molar-refractivity contribution in [1.29, 1.82) is 0 Å². The second-order valence-corrected chi connectivity index (χ2v) is 6.03. The standard InChI is InChI=1S/C11H19N3OS2/c1-16-9-10(12)14-17-11(9)13-5-7-3-2-4-8(7)6-15/h7-8,13,15H,2-6H2,1H3,(H2,12,14). The van der Waals surface area contributed by atoms with Crippen molar-refractivity contribution in [3.8, 4) is 0 Å². The maximum Gasteiger partial charge on any atom is 0.153 e. The molecule has 6 heteroatoms. The van der Waals surface area contributed by atoms with Crippen LogP contribution in [0.4, 0.5) is 10.8 Å². The Kier molecular flexibility index (Phi) is 4.53. The van der Waals surface area contributed by atoms with Crippen molar-refractivity contribution in [3.63, 3.8) is 0 Å². The van der Waals surface area contributed by atoms with Crippen LogP contribution in [0.15, 0.2) is 4.90 Å². The Hall–Kier alpha value is -0.460. The molecule has 1 aliphatic rings. The van der Waals surface area contributed by atoms with Crippen molar-refractivity contribution < 1.29 is 5.11 Å². The van der Waals surface area contributed by atoms with Crippen molar-refractivity contribution in [1.82, 2.24) is 4.37 Å². The minimum atomic E-state index is 0.312. The molecule has 1 aromatic heterocycles. The molecule has 2 atom stereocenters. The third-order valence-electron chi connectivity index (χ3n) is 3.45. The molecule has 4 nitrogen and oxygen atoms in total. The average molecular weight is 273 g/mol. The zero-order chi connectivity index (χ0) is 12.3. The van der Waals surface area contributed by atoms with Gasteiger partial charge in [0.05, 0.1) is 4.90 Å². The summed E-state index contributed by atoms with van der Waals surface area (Å²) in [7, 11) is 0. The maximum absolute atomic E-state index is 9.28. The number of thioether (sulfide) groups is 1. The van der Waals surface area contributed by atoms with Crippen molar-refractivity contribution in [3.05, 3.63) is 0 Å². The Morgan fingerprint density at radius 1 is 1.53 bits per heavy atom. The summed E-state index contributed by atoms with van der Waals surface area (Å²) >= 11 is 3.05. The van der Waals surface area contributed by atoms with Gasteiger partial charge in [-0.1, -0.05) is 6.42 Å². The lowest BCUT2D eigenvalue weighted by atomic mass is 9.97. The van der Waals surface area contributed by atoms with Gasteiger partial charge in [-0.25, -0.2) is 0 Å². The number of aliphatic hydroxyl groups excluding tert-OH is 1. The summed E-state index contributed by atoms with van der Waals surface area (Å²) in [6, 6.07) is 0. The van der Waals surface area contributed by atoms with E-state index in [0.717, 1.165) is 22.9 Å². The Morgan fingerprint density at radius 3 is 3.00 bits per heavy atom. The predicted octanol–water partition coefficient (Wildman–Crippen LogP) is 2.27. The number of anilines is 2. The minimum absolute atomic E-state index is 0.312. The first-order valence-electron chi connectivity index (χ1n) is 5.90. The Morgan fingerprint density at radius 2 is 2.29 bits per heavy atom. The average Bonchev–Trinajstić information content (AvgIpc) is 2.92. The second-order valence-electron chi connectivity index (χ2n) is 4.44. The molecule has 4 N–H and O–H groups in total. The van der Waals surface area contributed by atoms with Crippen molar-refractivity contribution in [2.24, 2.45) is 11.8 Å². The maximum atomic E-state index is 9.28. The molecule has 0 aliphatic heterocycles. The Labute approximate surface area is 110 Å². The summed E-state index contributed by atoms with van der Waals surface area (Å²) in [5.41, 5.74) is 5.79. The molecule has 0 radical (unpaired) electrons. The molecular weight excluding hydrogens is 254 g/mol. The van der Waals surface area contributed by atoms with Crippen LogP contribution >= 0.6 is 23.3 Å². The third kappa shape index (κ3) is 2.86. The summed E-state index contributed by atoms with van der Waals surface area (Å²) in [5.74, 6) is 1.67. The van der Waals surface area contributed by atoms with Crippen LogP contribution in [0.3, 0.4) is 0 Å². The molecule has 2 unspecified atom stereocenters. The highest BCUT2D eigenvalue weighted by atomic mass is 32.2. The fraction of sp³-hybridized carbons (Fsp3) is 0.727. The van der Waals surface area contributed by atoms with Gasteiger partial charge in [0.1, 0.15) is 5.00 Å². The van der Waals surface area contributed by atoms with Crippen LogP contribution in [-0.4, -0.2) is 28.9 Å². The molecule has 0 spiro atoms. The summed E-state index contributed by atoms with van der Waals surface area (Å²) in [6.45, 7) is 1.23. The van der Waals surface area contributed by atoms with Crippen LogP contribution in [0.25, 0.3) is 0 Å². The number of nitrogens with zero attached hydrogens (tertiary/aromatic N) is 1. The normalized spacial score (nSPS) is 24.1. The smallest absolute Gasteiger partial charge is 0.153 e. The number of hydrogen-bond acceptors (Lipinski definition) is 6. The van der Waals surface area contributed by atoms with Gasteiger partial charge in [0.25, 0.3) is 0 Å².